The molecule has 2 unspecified atom stereocenters. The van der Waals surface area contributed by atoms with Crippen LogP contribution in [0, 0.1) is 5.92 Å². The van der Waals surface area contributed by atoms with Gasteiger partial charge >= 0.3 is 12.2 Å². The van der Waals surface area contributed by atoms with Crippen LogP contribution in [0.5, 0.6) is 5.75 Å². The molecule has 0 aromatic heterocycles. The maximum Gasteiger partial charge on any atom is 0.411 e. The summed E-state index contributed by atoms with van der Waals surface area (Å²) in [5.41, 5.74) is 8.47. The SMILES string of the molecule is COC(=O)Nc1ccc(C(C[C@@H](C)C(N)(Oc2ccccc2)C(C)O)c2ccc(NC(=O)OC)cc2)cc1. The van der Waals surface area contributed by atoms with E-state index in [4.69, 9.17) is 10.5 Å². The van der Waals surface area contributed by atoms with Crippen molar-refractivity contribution in [3.63, 3.8) is 0 Å². The summed E-state index contributed by atoms with van der Waals surface area (Å²) >= 11 is 0. The zero-order chi connectivity index (χ0) is 27.7. The van der Waals surface area contributed by atoms with E-state index in [9.17, 15) is 14.7 Å². The number of anilines is 2. The van der Waals surface area contributed by atoms with Crippen LogP contribution >= 0.6 is 0 Å². The maximum atomic E-state index is 11.6. The van der Waals surface area contributed by atoms with Crippen LogP contribution in [-0.4, -0.2) is 43.3 Å². The van der Waals surface area contributed by atoms with Crippen molar-refractivity contribution in [3.8, 4) is 5.75 Å². The zero-order valence-electron chi connectivity index (χ0n) is 22.0. The predicted octanol–water partition coefficient (Wildman–Crippen LogP) is 5.32. The van der Waals surface area contributed by atoms with E-state index in [1.807, 2.05) is 49.4 Å². The number of amides is 2. The van der Waals surface area contributed by atoms with Gasteiger partial charge in [0.2, 0.25) is 0 Å². The number of rotatable bonds is 10. The van der Waals surface area contributed by atoms with Crippen LogP contribution in [0.4, 0.5) is 21.0 Å². The van der Waals surface area contributed by atoms with Gasteiger partial charge in [0, 0.05) is 23.2 Å². The quantitative estimate of drug-likeness (QED) is 0.266. The minimum Gasteiger partial charge on any atom is -0.470 e. The Morgan fingerprint density at radius 2 is 1.26 bits per heavy atom. The summed E-state index contributed by atoms with van der Waals surface area (Å²) in [6, 6.07) is 24.0. The van der Waals surface area contributed by atoms with E-state index in [0.717, 1.165) is 11.1 Å². The standard InChI is InChI=1S/C29H35N3O6/c1-19(29(30,20(2)33)38-25-8-6-5-7-9-25)18-26(21-10-14-23(15-11-21)31-27(34)36-3)22-12-16-24(17-13-22)32-28(35)37-4/h5-17,19-20,26,33H,18,30H2,1-4H3,(H,31,34)(H,32,35)/t19-,20?,29?/m1/s1. The highest BCUT2D eigenvalue weighted by Crippen LogP contribution is 2.37. The summed E-state index contributed by atoms with van der Waals surface area (Å²) in [6.45, 7) is 3.57. The van der Waals surface area contributed by atoms with Gasteiger partial charge in [0.05, 0.1) is 14.2 Å². The number of nitrogens with two attached hydrogens (primary N) is 1. The van der Waals surface area contributed by atoms with Crippen molar-refractivity contribution < 1.29 is 28.9 Å². The molecule has 0 fully saturated rings. The number of ether oxygens (including phenoxy) is 3. The summed E-state index contributed by atoms with van der Waals surface area (Å²) in [7, 11) is 2.61. The van der Waals surface area contributed by atoms with E-state index < -0.39 is 24.0 Å². The topological polar surface area (TPSA) is 132 Å². The lowest BCUT2D eigenvalue weighted by Crippen LogP contribution is -2.59. The minimum atomic E-state index is -1.36. The number of carbonyl (C=O) groups is 2. The summed E-state index contributed by atoms with van der Waals surface area (Å²) < 4.78 is 15.5. The van der Waals surface area contributed by atoms with Crippen LogP contribution in [0.15, 0.2) is 78.9 Å². The highest BCUT2D eigenvalue weighted by atomic mass is 16.5. The van der Waals surface area contributed by atoms with Gasteiger partial charge < -0.3 is 19.3 Å². The van der Waals surface area contributed by atoms with Crippen molar-refractivity contribution in [1.29, 1.82) is 0 Å². The van der Waals surface area contributed by atoms with E-state index in [0.29, 0.717) is 23.5 Å². The molecular weight excluding hydrogens is 486 g/mol. The van der Waals surface area contributed by atoms with E-state index >= 15 is 0 Å². The lowest BCUT2D eigenvalue weighted by atomic mass is 9.79. The molecule has 3 rings (SSSR count). The first-order valence-electron chi connectivity index (χ1n) is 12.3. The molecule has 0 radical (unpaired) electrons. The molecule has 2 amide bonds. The lowest BCUT2D eigenvalue weighted by molar-refractivity contribution is -0.0801. The summed E-state index contributed by atoms with van der Waals surface area (Å²) in [5, 5.41) is 16.0. The van der Waals surface area contributed by atoms with Crippen molar-refractivity contribution in [2.45, 2.75) is 38.0 Å². The van der Waals surface area contributed by atoms with Gasteiger partial charge in [0.1, 0.15) is 11.9 Å². The molecule has 0 spiro atoms. The molecule has 3 aromatic rings. The zero-order valence-corrected chi connectivity index (χ0v) is 22.0. The number of para-hydroxylation sites is 1. The third-order valence-corrected chi connectivity index (χ3v) is 6.54. The normalized spacial score (nSPS) is 14.1. The molecular formula is C29H35N3O6. The first-order valence-corrected chi connectivity index (χ1v) is 12.3. The Hall–Kier alpha value is -4.08. The number of aliphatic hydroxyl groups excluding tert-OH is 1. The first kappa shape index (κ1) is 28.5. The smallest absolute Gasteiger partial charge is 0.411 e. The highest BCUT2D eigenvalue weighted by Gasteiger charge is 2.41. The molecule has 3 aromatic carbocycles. The average molecular weight is 522 g/mol. The highest BCUT2D eigenvalue weighted by molar-refractivity contribution is 5.85. The number of carbonyl (C=O) groups excluding carboxylic acids is 2. The largest absolute Gasteiger partial charge is 0.470 e. The van der Waals surface area contributed by atoms with Crippen LogP contribution in [0.3, 0.4) is 0 Å². The van der Waals surface area contributed by atoms with Crippen LogP contribution < -0.4 is 21.1 Å². The molecule has 0 aliphatic rings. The lowest BCUT2D eigenvalue weighted by Gasteiger charge is -2.39. The van der Waals surface area contributed by atoms with E-state index in [-0.39, 0.29) is 11.8 Å². The van der Waals surface area contributed by atoms with Crippen molar-refractivity contribution in [2.24, 2.45) is 11.7 Å². The Balaban J connectivity index is 1.93. The van der Waals surface area contributed by atoms with Crippen molar-refractivity contribution in [1.82, 2.24) is 0 Å². The second-order valence-electron chi connectivity index (χ2n) is 9.11. The fraction of sp³-hybridized carbons (Fsp3) is 0.310. The molecule has 0 aliphatic heterocycles. The van der Waals surface area contributed by atoms with Crippen LogP contribution in [-0.2, 0) is 9.47 Å². The summed E-state index contributed by atoms with van der Waals surface area (Å²) in [4.78, 5) is 23.2. The Morgan fingerprint density at radius 3 is 1.66 bits per heavy atom. The minimum absolute atomic E-state index is 0.148. The van der Waals surface area contributed by atoms with Gasteiger partial charge in [-0.1, -0.05) is 49.4 Å². The van der Waals surface area contributed by atoms with Gasteiger partial charge in [-0.25, -0.2) is 9.59 Å². The van der Waals surface area contributed by atoms with Gasteiger partial charge in [-0.3, -0.25) is 16.4 Å². The Bertz CT molecular complexity index is 1120. The number of nitrogens with one attached hydrogen (secondary N) is 2. The maximum absolute atomic E-state index is 11.6. The molecule has 5 N–H and O–H groups in total. The average Bonchev–Trinajstić information content (AvgIpc) is 2.92. The van der Waals surface area contributed by atoms with Crippen molar-refractivity contribution >= 4 is 23.6 Å². The molecule has 0 saturated heterocycles. The monoisotopic (exact) mass is 521 g/mol. The van der Waals surface area contributed by atoms with E-state index in [2.05, 4.69) is 20.1 Å². The Morgan fingerprint density at radius 1 is 0.816 bits per heavy atom. The summed E-state index contributed by atoms with van der Waals surface area (Å²) in [6.07, 6.45) is -1.54. The molecule has 0 saturated carbocycles. The molecule has 9 nitrogen and oxygen atoms in total. The number of methoxy groups -OCH3 is 2. The number of aliphatic hydroxyl groups is 1. The second kappa shape index (κ2) is 12.9. The molecule has 38 heavy (non-hydrogen) atoms. The fourth-order valence-corrected chi connectivity index (χ4v) is 4.23. The summed E-state index contributed by atoms with van der Waals surface area (Å²) in [5.74, 6) is 0.120. The number of hydrogen-bond donors (Lipinski definition) is 4. The van der Waals surface area contributed by atoms with Gasteiger partial charge in [-0.2, -0.15) is 0 Å². The fourth-order valence-electron chi connectivity index (χ4n) is 4.23. The number of hydrogen-bond acceptors (Lipinski definition) is 7. The van der Waals surface area contributed by atoms with Crippen LogP contribution in [0.25, 0.3) is 0 Å². The van der Waals surface area contributed by atoms with Gasteiger partial charge in [-0.05, 0) is 60.9 Å². The number of benzene rings is 3. The van der Waals surface area contributed by atoms with Crippen LogP contribution in [0.1, 0.15) is 37.3 Å². The van der Waals surface area contributed by atoms with Crippen molar-refractivity contribution in [3.05, 3.63) is 90.0 Å². The molecule has 202 valence electrons. The Kier molecular flexibility index (Phi) is 9.70. The second-order valence-corrected chi connectivity index (χ2v) is 9.11. The molecule has 9 heteroatoms. The predicted molar refractivity (Wildman–Crippen MR) is 146 cm³/mol. The van der Waals surface area contributed by atoms with Gasteiger partial charge in [0.25, 0.3) is 0 Å². The van der Waals surface area contributed by atoms with E-state index in [1.54, 1.807) is 43.3 Å². The third-order valence-electron chi connectivity index (χ3n) is 6.54. The Labute approximate surface area is 222 Å². The molecule has 3 atom stereocenters. The molecule has 0 bridgehead atoms. The van der Waals surface area contributed by atoms with Gasteiger partial charge in [-0.15, -0.1) is 0 Å². The van der Waals surface area contributed by atoms with E-state index in [1.165, 1.54) is 14.2 Å². The van der Waals surface area contributed by atoms with Crippen molar-refractivity contribution in [2.75, 3.05) is 24.9 Å². The van der Waals surface area contributed by atoms with Crippen LogP contribution in [0.2, 0.25) is 0 Å². The first-order chi connectivity index (χ1) is 18.2. The molecule has 0 aliphatic carbocycles. The van der Waals surface area contributed by atoms with Gasteiger partial charge in [0.15, 0.2) is 5.72 Å². The third kappa shape index (κ3) is 7.24. The molecule has 0 heterocycles.